The SMILES string of the molecule is COc1ccc([C@@H]2C(c3ccccc3)=NN(c3ccc(C)cc3)[C@@]23N=C(c2ccccc2)N(c2ccccc2)C3=O)cc1. The lowest BCUT2D eigenvalue weighted by atomic mass is 9.80. The quantitative estimate of drug-likeness (QED) is 0.220. The Kier molecular flexibility index (Phi) is 6.59. The third-order valence-electron chi connectivity index (χ3n) is 8.06. The number of aryl methyl sites for hydroxylation is 1. The fourth-order valence-electron chi connectivity index (χ4n) is 5.96. The minimum Gasteiger partial charge on any atom is -0.497 e. The average Bonchev–Trinajstić information content (AvgIpc) is 3.57. The van der Waals surface area contributed by atoms with Gasteiger partial charge < -0.3 is 4.74 Å². The lowest BCUT2D eigenvalue weighted by molar-refractivity contribution is -0.121. The molecule has 1 amide bonds. The minimum atomic E-state index is -1.43. The molecule has 0 N–H and O–H groups in total. The molecule has 6 nitrogen and oxygen atoms in total. The first kappa shape index (κ1) is 26.4. The standard InChI is InChI=1S/C37H30N4O2/c1-26-18-22-31(23-19-26)41-37(33(27-20-24-32(43-2)25-21-27)34(39-41)28-12-6-3-7-13-28)36(42)40(30-16-10-5-11-17-30)35(38-37)29-14-8-4-9-15-29/h3-25,33H,1-2H3/t33-,37+/m1/s1. The van der Waals surface area contributed by atoms with E-state index in [1.54, 1.807) is 12.0 Å². The molecule has 210 valence electrons. The molecule has 43 heavy (non-hydrogen) atoms. The van der Waals surface area contributed by atoms with Gasteiger partial charge in [0.25, 0.3) is 5.91 Å². The number of aliphatic imine (C=N–C) groups is 1. The smallest absolute Gasteiger partial charge is 0.284 e. The van der Waals surface area contributed by atoms with Crippen molar-refractivity contribution < 1.29 is 9.53 Å². The van der Waals surface area contributed by atoms with Gasteiger partial charge in [0.2, 0.25) is 5.66 Å². The molecule has 6 heteroatoms. The van der Waals surface area contributed by atoms with Gasteiger partial charge in [-0.1, -0.05) is 109 Å². The van der Waals surface area contributed by atoms with Crippen molar-refractivity contribution in [3.63, 3.8) is 0 Å². The highest BCUT2D eigenvalue weighted by Gasteiger charge is 2.63. The molecule has 0 aromatic heterocycles. The van der Waals surface area contributed by atoms with E-state index in [9.17, 15) is 0 Å². The molecule has 0 aliphatic carbocycles. The molecule has 2 heterocycles. The van der Waals surface area contributed by atoms with Gasteiger partial charge in [0.05, 0.1) is 30.1 Å². The number of amides is 1. The first-order chi connectivity index (χ1) is 21.1. The molecule has 7 rings (SSSR count). The molecule has 0 unspecified atom stereocenters. The second-order valence-electron chi connectivity index (χ2n) is 10.7. The van der Waals surface area contributed by atoms with Gasteiger partial charge in [-0.05, 0) is 54.4 Å². The zero-order chi connectivity index (χ0) is 29.4. The molecular weight excluding hydrogens is 532 g/mol. The van der Waals surface area contributed by atoms with Crippen molar-refractivity contribution in [2.75, 3.05) is 17.0 Å². The van der Waals surface area contributed by atoms with Crippen LogP contribution in [0, 0.1) is 6.92 Å². The van der Waals surface area contributed by atoms with Gasteiger partial charge in [-0.25, -0.2) is 10.0 Å². The summed E-state index contributed by atoms with van der Waals surface area (Å²) in [6.45, 7) is 2.05. The predicted octanol–water partition coefficient (Wildman–Crippen LogP) is 7.20. The molecular formula is C37H30N4O2. The number of anilines is 2. The van der Waals surface area contributed by atoms with Crippen molar-refractivity contribution in [1.29, 1.82) is 0 Å². The Morgan fingerprint density at radius 2 is 1.26 bits per heavy atom. The van der Waals surface area contributed by atoms with Gasteiger partial charge in [0.15, 0.2) is 0 Å². The molecule has 0 saturated heterocycles. The molecule has 1 spiro atoms. The number of carbonyl (C=O) groups is 1. The zero-order valence-corrected chi connectivity index (χ0v) is 24.0. The van der Waals surface area contributed by atoms with E-state index in [2.05, 4.69) is 0 Å². The highest BCUT2D eigenvalue weighted by molar-refractivity contribution is 6.32. The van der Waals surface area contributed by atoms with Crippen LogP contribution in [-0.2, 0) is 4.79 Å². The third kappa shape index (κ3) is 4.39. The van der Waals surface area contributed by atoms with E-state index in [4.69, 9.17) is 14.8 Å². The van der Waals surface area contributed by atoms with Crippen LogP contribution in [0.25, 0.3) is 0 Å². The van der Waals surface area contributed by atoms with Crippen molar-refractivity contribution in [2.24, 2.45) is 10.1 Å². The van der Waals surface area contributed by atoms with Gasteiger partial charge in [-0.2, -0.15) is 5.10 Å². The van der Waals surface area contributed by atoms with Crippen LogP contribution >= 0.6 is 0 Å². The normalized spacial score (nSPS) is 19.5. The summed E-state index contributed by atoms with van der Waals surface area (Å²) < 4.78 is 5.49. The largest absolute Gasteiger partial charge is 0.497 e. The number of benzene rings is 5. The Hall–Kier alpha value is -5.49. The van der Waals surface area contributed by atoms with Gasteiger partial charge in [-0.3, -0.25) is 9.69 Å². The summed E-state index contributed by atoms with van der Waals surface area (Å²) in [5, 5.41) is 7.10. The maximum absolute atomic E-state index is 15.3. The minimum absolute atomic E-state index is 0.173. The number of rotatable bonds is 6. The molecule has 0 bridgehead atoms. The van der Waals surface area contributed by atoms with E-state index >= 15 is 4.79 Å². The number of nitrogens with zero attached hydrogens (tertiary/aromatic N) is 4. The molecule has 2 aliphatic rings. The number of methoxy groups -OCH3 is 1. The van der Waals surface area contributed by atoms with Crippen LogP contribution in [0.15, 0.2) is 150 Å². The van der Waals surface area contributed by atoms with Gasteiger partial charge in [0.1, 0.15) is 11.6 Å². The highest BCUT2D eigenvalue weighted by Crippen LogP contribution is 2.50. The molecule has 0 fully saturated rings. The second kappa shape index (κ2) is 10.7. The van der Waals surface area contributed by atoms with Crippen molar-refractivity contribution >= 4 is 28.8 Å². The number of amidine groups is 1. The van der Waals surface area contributed by atoms with Crippen LogP contribution in [0.2, 0.25) is 0 Å². The average molecular weight is 563 g/mol. The number of hydrogen-bond donors (Lipinski definition) is 0. The summed E-state index contributed by atoms with van der Waals surface area (Å²) in [5.41, 5.74) is 4.68. The second-order valence-corrected chi connectivity index (χ2v) is 10.7. The Morgan fingerprint density at radius 1 is 0.674 bits per heavy atom. The molecule has 5 aromatic carbocycles. The van der Waals surface area contributed by atoms with Crippen LogP contribution in [0.5, 0.6) is 5.75 Å². The lowest BCUT2D eigenvalue weighted by Crippen LogP contribution is -2.55. The first-order valence-electron chi connectivity index (χ1n) is 14.3. The Bertz CT molecular complexity index is 1820. The van der Waals surface area contributed by atoms with Crippen LogP contribution in [0.1, 0.15) is 28.2 Å². The highest BCUT2D eigenvalue weighted by atomic mass is 16.5. The van der Waals surface area contributed by atoms with E-state index in [1.807, 2.05) is 151 Å². The third-order valence-corrected chi connectivity index (χ3v) is 8.06. The summed E-state index contributed by atoms with van der Waals surface area (Å²) in [6.07, 6.45) is 0. The van der Waals surface area contributed by atoms with Crippen molar-refractivity contribution in [3.8, 4) is 5.75 Å². The number of carbonyl (C=O) groups excluding carboxylic acids is 1. The van der Waals surface area contributed by atoms with Crippen molar-refractivity contribution in [2.45, 2.75) is 18.5 Å². The summed E-state index contributed by atoms with van der Waals surface area (Å²) in [4.78, 5) is 22.5. The molecule has 0 saturated carbocycles. The van der Waals surface area contributed by atoms with E-state index in [0.29, 0.717) is 5.84 Å². The van der Waals surface area contributed by atoms with Crippen LogP contribution in [0.3, 0.4) is 0 Å². The van der Waals surface area contributed by atoms with Crippen molar-refractivity contribution in [3.05, 3.63) is 162 Å². The summed E-state index contributed by atoms with van der Waals surface area (Å²) in [6, 6.07) is 45.6. The van der Waals surface area contributed by atoms with Crippen molar-refractivity contribution in [1.82, 2.24) is 0 Å². The summed E-state index contributed by atoms with van der Waals surface area (Å²) in [5.74, 6) is 0.620. The van der Waals surface area contributed by atoms with Gasteiger partial charge in [0, 0.05) is 5.56 Å². The fourth-order valence-corrected chi connectivity index (χ4v) is 5.96. The Labute approximate surface area is 251 Å². The fraction of sp³-hybridized carbons (Fsp3) is 0.108. The molecule has 2 atom stereocenters. The number of ether oxygens (including phenoxy) is 1. The Balaban J connectivity index is 1.53. The molecule has 2 aliphatic heterocycles. The Morgan fingerprint density at radius 3 is 1.86 bits per heavy atom. The summed E-state index contributed by atoms with van der Waals surface area (Å²) in [7, 11) is 1.65. The van der Waals surface area contributed by atoms with E-state index in [1.165, 1.54) is 0 Å². The monoisotopic (exact) mass is 562 g/mol. The summed E-state index contributed by atoms with van der Waals surface area (Å²) >= 11 is 0. The van der Waals surface area contributed by atoms with Crippen LogP contribution in [-0.4, -0.2) is 30.2 Å². The molecule has 0 radical (unpaired) electrons. The van der Waals surface area contributed by atoms with E-state index in [-0.39, 0.29) is 5.91 Å². The number of hydrazone groups is 1. The maximum Gasteiger partial charge on any atom is 0.284 e. The lowest BCUT2D eigenvalue weighted by Gasteiger charge is -2.35. The first-order valence-corrected chi connectivity index (χ1v) is 14.3. The zero-order valence-electron chi connectivity index (χ0n) is 24.0. The van der Waals surface area contributed by atoms with E-state index in [0.717, 1.165) is 45.1 Å². The number of hydrogen-bond acceptors (Lipinski definition) is 5. The van der Waals surface area contributed by atoms with Gasteiger partial charge >= 0.3 is 0 Å². The predicted molar refractivity (Wildman–Crippen MR) is 172 cm³/mol. The van der Waals surface area contributed by atoms with E-state index < -0.39 is 11.6 Å². The van der Waals surface area contributed by atoms with Crippen LogP contribution < -0.4 is 14.6 Å². The maximum atomic E-state index is 15.3. The van der Waals surface area contributed by atoms with Crippen LogP contribution in [0.4, 0.5) is 11.4 Å². The number of para-hydroxylation sites is 1. The molecule has 5 aromatic rings. The topological polar surface area (TPSA) is 57.5 Å². The van der Waals surface area contributed by atoms with Gasteiger partial charge in [-0.15, -0.1) is 0 Å².